The molecule has 0 bridgehead atoms. The molecule has 9 rings (SSSR count). The van der Waals surface area contributed by atoms with E-state index in [-0.39, 0.29) is 35.3 Å². The third-order valence-corrected chi connectivity index (χ3v) is 12.8. The molecule has 3 aliphatic heterocycles. The van der Waals surface area contributed by atoms with Crippen LogP contribution in [0.3, 0.4) is 0 Å². The number of nitrogens with zero attached hydrogens (tertiary/aromatic N) is 10. The van der Waals surface area contributed by atoms with Crippen molar-refractivity contribution >= 4 is 51.6 Å². The second kappa shape index (κ2) is 15.3. The number of anilines is 3. The van der Waals surface area contributed by atoms with Crippen molar-refractivity contribution in [2.24, 2.45) is 13.0 Å². The number of aryl methyl sites for hydroxylation is 1. The Morgan fingerprint density at radius 3 is 2.48 bits per heavy atom. The van der Waals surface area contributed by atoms with Gasteiger partial charge in [-0.1, -0.05) is 6.07 Å². The quantitative estimate of drug-likeness (QED) is 0.195. The summed E-state index contributed by atoms with van der Waals surface area (Å²) < 4.78 is 34.7. The minimum atomic E-state index is -2.85. The molecule has 4 aliphatic rings. The smallest absolute Gasteiger partial charge is 0.329 e. The summed E-state index contributed by atoms with van der Waals surface area (Å²) >= 11 is 0. The van der Waals surface area contributed by atoms with Gasteiger partial charge in [-0.2, -0.15) is 10.2 Å². The van der Waals surface area contributed by atoms with Gasteiger partial charge in [0.2, 0.25) is 11.8 Å². The van der Waals surface area contributed by atoms with Gasteiger partial charge in [-0.05, 0) is 82.5 Å². The van der Waals surface area contributed by atoms with Crippen LogP contribution >= 0.6 is 0 Å². The third kappa shape index (κ3) is 6.90. The number of imide groups is 1. The fourth-order valence-electron chi connectivity index (χ4n) is 9.38. The van der Waals surface area contributed by atoms with Gasteiger partial charge in [-0.25, -0.2) is 23.1 Å². The number of halogens is 2. The Bertz CT molecular complexity index is 2430. The summed E-state index contributed by atoms with van der Waals surface area (Å²) in [4.78, 5) is 62.8. The topological polar surface area (TPSA) is 160 Å². The number of rotatable bonds is 10. The molecule has 5 aromatic rings. The van der Waals surface area contributed by atoms with Crippen LogP contribution in [0.15, 0.2) is 47.7 Å². The second-order valence-corrected chi connectivity index (χ2v) is 16.3. The van der Waals surface area contributed by atoms with Gasteiger partial charge in [0.15, 0.2) is 11.3 Å². The van der Waals surface area contributed by atoms with Crippen LogP contribution in [0.5, 0.6) is 0 Å². The van der Waals surface area contributed by atoms with Crippen molar-refractivity contribution in [1.82, 2.24) is 43.7 Å². The zero-order chi connectivity index (χ0) is 40.2. The van der Waals surface area contributed by atoms with Gasteiger partial charge < -0.3 is 20.0 Å². The number of carbonyl (C=O) groups excluding carboxylic acids is 3. The largest absolute Gasteiger partial charge is 0.370 e. The van der Waals surface area contributed by atoms with Crippen LogP contribution in [0, 0.1) is 5.92 Å². The highest BCUT2D eigenvalue weighted by atomic mass is 19.3. The number of hydrogen-bond acceptors (Lipinski definition) is 10. The number of piperidine rings is 2. The molecule has 4 fully saturated rings. The maximum Gasteiger partial charge on any atom is 0.329 e. The predicted molar refractivity (Wildman–Crippen MR) is 212 cm³/mol. The molecule has 16 nitrogen and oxygen atoms in total. The number of aromatic nitrogens is 7. The molecule has 1 saturated carbocycles. The number of carbonyl (C=O) groups is 3. The molecule has 2 N–H and O–H groups in total. The normalized spacial score (nSPS) is 22.0. The molecule has 306 valence electrons. The van der Waals surface area contributed by atoms with Crippen LogP contribution in [-0.4, -0.2) is 102 Å². The molecular weight excluding hydrogens is 751 g/mol. The summed E-state index contributed by atoms with van der Waals surface area (Å²) in [5, 5.41) is 13.6. The first kappa shape index (κ1) is 37.9. The molecular formula is C40H48F2N12O4. The Morgan fingerprint density at radius 2 is 1.78 bits per heavy atom. The fraction of sp³-hybridized carbons (Fsp3) is 0.525. The van der Waals surface area contributed by atoms with Gasteiger partial charge >= 0.3 is 5.69 Å². The average molecular weight is 799 g/mol. The second-order valence-electron chi connectivity index (χ2n) is 16.3. The molecule has 18 heteroatoms. The SMILES string of the molecule is CN(C[C@H]1CC[C@H](n2cc(NC(=O)c3cnn4ccc(N5CCC5)nc34)c(C(F)F)n2)CC1)C1CCN(c2cccc3c2n(C)c(=O)n3C2CCC(=O)NC2=O)CC1. The zero-order valence-electron chi connectivity index (χ0n) is 32.7. The highest BCUT2D eigenvalue weighted by Gasteiger charge is 2.34. The van der Waals surface area contributed by atoms with E-state index in [0.29, 0.717) is 29.5 Å². The van der Waals surface area contributed by atoms with E-state index >= 15 is 0 Å². The first-order chi connectivity index (χ1) is 28.0. The van der Waals surface area contributed by atoms with E-state index in [1.165, 1.54) is 21.5 Å². The molecule has 0 spiro atoms. The fourth-order valence-corrected chi connectivity index (χ4v) is 9.38. The Balaban J connectivity index is 0.802. The predicted octanol–water partition coefficient (Wildman–Crippen LogP) is 4.29. The minimum absolute atomic E-state index is 0.00297. The molecule has 58 heavy (non-hydrogen) atoms. The van der Waals surface area contributed by atoms with Crippen molar-refractivity contribution in [3.8, 4) is 0 Å². The number of imidazole rings is 1. The Morgan fingerprint density at radius 1 is 1.00 bits per heavy atom. The molecule has 4 aromatic heterocycles. The van der Waals surface area contributed by atoms with Crippen LogP contribution in [0.1, 0.15) is 92.3 Å². The number of benzene rings is 1. The summed E-state index contributed by atoms with van der Waals surface area (Å²) in [7, 11) is 3.91. The number of para-hydroxylation sites is 1. The maximum absolute atomic E-state index is 14.2. The van der Waals surface area contributed by atoms with Crippen molar-refractivity contribution in [2.75, 3.05) is 54.9 Å². The van der Waals surface area contributed by atoms with Gasteiger partial charge in [-0.15, -0.1) is 0 Å². The Hall–Kier alpha value is -5.65. The van der Waals surface area contributed by atoms with Gasteiger partial charge in [0.1, 0.15) is 17.4 Å². The van der Waals surface area contributed by atoms with Crippen molar-refractivity contribution in [2.45, 2.75) is 82.3 Å². The van der Waals surface area contributed by atoms with Crippen LogP contribution in [0.4, 0.5) is 26.0 Å². The highest BCUT2D eigenvalue weighted by Crippen LogP contribution is 2.37. The standard InChI is InChI=1S/C40H48F2N12O4/c1-48(25-13-18-50(19-14-25)29-5-3-6-30-35(29)49(2)40(58)54(30)31-11-12-33(55)46-39(31)57)22-24-7-9-26(10-8-24)53-23-28(34(47-53)36(41)42)44-38(56)27-21-43-52-20-15-32(45-37(27)52)51-16-4-17-51/h3,5-6,15,20-21,23-26,31,36H,4,7-14,16-19,22H2,1-2H3,(H,44,56)(H,46,55,57)/t24-,26-,31?. The molecule has 1 aromatic carbocycles. The summed E-state index contributed by atoms with van der Waals surface area (Å²) in [6, 6.07) is 7.28. The summed E-state index contributed by atoms with van der Waals surface area (Å²) in [5.74, 6) is -0.107. The first-order valence-corrected chi connectivity index (χ1v) is 20.3. The lowest BCUT2D eigenvalue weighted by Gasteiger charge is -2.40. The average Bonchev–Trinajstić information content (AvgIpc) is 3.89. The third-order valence-electron chi connectivity index (χ3n) is 12.8. The lowest BCUT2D eigenvalue weighted by Crippen LogP contribution is -2.45. The van der Waals surface area contributed by atoms with E-state index < -0.39 is 30.0 Å². The summed E-state index contributed by atoms with van der Waals surface area (Å²) in [6.07, 6.45) is 8.78. The molecule has 0 radical (unpaired) electrons. The number of hydrogen-bond donors (Lipinski definition) is 2. The van der Waals surface area contributed by atoms with Crippen molar-refractivity contribution in [3.05, 3.63) is 64.6 Å². The van der Waals surface area contributed by atoms with E-state index in [9.17, 15) is 28.0 Å². The monoisotopic (exact) mass is 798 g/mol. The molecule has 1 unspecified atom stereocenters. The number of amides is 3. The number of nitrogens with one attached hydrogen (secondary N) is 2. The first-order valence-electron chi connectivity index (χ1n) is 20.3. The summed E-state index contributed by atoms with van der Waals surface area (Å²) in [6.45, 7) is 4.36. The van der Waals surface area contributed by atoms with Crippen molar-refractivity contribution in [3.63, 3.8) is 0 Å². The van der Waals surface area contributed by atoms with Gasteiger partial charge in [0.05, 0.1) is 34.6 Å². The molecule has 3 saturated heterocycles. The minimum Gasteiger partial charge on any atom is -0.370 e. The Labute approximate surface area is 332 Å². The van der Waals surface area contributed by atoms with E-state index in [1.54, 1.807) is 22.5 Å². The van der Waals surface area contributed by atoms with Gasteiger partial charge in [-0.3, -0.25) is 33.5 Å². The van der Waals surface area contributed by atoms with Crippen LogP contribution in [0.25, 0.3) is 16.7 Å². The van der Waals surface area contributed by atoms with E-state index in [2.05, 4.69) is 47.6 Å². The van der Waals surface area contributed by atoms with E-state index in [0.717, 1.165) is 94.7 Å². The molecule has 1 atom stereocenters. The number of alkyl halides is 2. The Kier molecular flexibility index (Phi) is 9.97. The van der Waals surface area contributed by atoms with E-state index in [4.69, 9.17) is 0 Å². The van der Waals surface area contributed by atoms with E-state index in [1.807, 2.05) is 24.3 Å². The van der Waals surface area contributed by atoms with Gasteiger partial charge in [0, 0.05) is 64.6 Å². The molecule has 1 aliphatic carbocycles. The van der Waals surface area contributed by atoms with Crippen LogP contribution in [0.2, 0.25) is 0 Å². The lowest BCUT2D eigenvalue weighted by atomic mass is 9.85. The van der Waals surface area contributed by atoms with Crippen LogP contribution in [-0.2, 0) is 16.6 Å². The summed E-state index contributed by atoms with van der Waals surface area (Å²) in [5.41, 5.74) is 2.28. The highest BCUT2D eigenvalue weighted by molar-refractivity contribution is 6.08. The lowest BCUT2D eigenvalue weighted by molar-refractivity contribution is -0.135. The van der Waals surface area contributed by atoms with Crippen LogP contribution < -0.4 is 26.1 Å². The van der Waals surface area contributed by atoms with Crippen molar-refractivity contribution < 1.29 is 23.2 Å². The zero-order valence-corrected chi connectivity index (χ0v) is 32.7. The van der Waals surface area contributed by atoms with Crippen molar-refractivity contribution in [1.29, 1.82) is 0 Å². The number of fused-ring (bicyclic) bond motifs is 2. The maximum atomic E-state index is 14.2. The van der Waals surface area contributed by atoms with Gasteiger partial charge in [0.25, 0.3) is 12.3 Å². The molecule has 7 heterocycles. The molecule has 3 amide bonds.